The number of carbonyl (C=O) groups excluding carboxylic acids is 1. The number of ether oxygens (including phenoxy) is 1. The average molecular weight is 384 g/mol. The van der Waals surface area contributed by atoms with Crippen LogP contribution in [0.4, 0.5) is 0 Å². The summed E-state index contributed by atoms with van der Waals surface area (Å²) in [4.78, 5) is 13.3. The third-order valence-electron chi connectivity index (χ3n) is 4.46. The van der Waals surface area contributed by atoms with Gasteiger partial charge in [-0.25, -0.2) is 0 Å². The Kier molecular flexibility index (Phi) is 6.32. The minimum absolute atomic E-state index is 0.0259. The first-order chi connectivity index (χ1) is 13.0. The van der Waals surface area contributed by atoms with Gasteiger partial charge in [0.1, 0.15) is 12.3 Å². The lowest BCUT2D eigenvalue weighted by molar-refractivity contribution is -0.885. The molecule has 0 radical (unpaired) electrons. The highest BCUT2D eigenvalue weighted by Gasteiger charge is 2.11. The second kappa shape index (κ2) is 8.89. The molecule has 2 N–H and O–H groups in total. The van der Waals surface area contributed by atoms with E-state index in [-0.39, 0.29) is 5.91 Å². The molecule has 4 nitrogen and oxygen atoms in total. The summed E-state index contributed by atoms with van der Waals surface area (Å²) in [5, 5.41) is 5.95. The molecule has 0 aliphatic rings. The van der Waals surface area contributed by atoms with Crippen molar-refractivity contribution in [3.05, 3.63) is 76.8 Å². The summed E-state index contributed by atoms with van der Waals surface area (Å²) in [6.45, 7) is 1.69. The van der Waals surface area contributed by atoms with Crippen LogP contribution in [0.2, 0.25) is 5.02 Å². The Morgan fingerprint density at radius 3 is 2.59 bits per heavy atom. The summed E-state index contributed by atoms with van der Waals surface area (Å²) < 4.78 is 5.27. The van der Waals surface area contributed by atoms with Gasteiger partial charge in [-0.1, -0.05) is 41.9 Å². The van der Waals surface area contributed by atoms with Crippen LogP contribution in [0, 0.1) is 0 Å². The fraction of sp³-hybridized carbons (Fsp3) is 0.227. The van der Waals surface area contributed by atoms with Crippen molar-refractivity contribution < 1.29 is 14.4 Å². The van der Waals surface area contributed by atoms with Gasteiger partial charge in [0.05, 0.1) is 14.2 Å². The highest BCUT2D eigenvalue weighted by molar-refractivity contribution is 6.30. The van der Waals surface area contributed by atoms with E-state index in [9.17, 15) is 4.79 Å². The molecular formula is C22H24ClN2O2+. The lowest BCUT2D eigenvalue weighted by atomic mass is 10.1. The Labute approximate surface area is 164 Å². The smallest absolute Gasteiger partial charge is 0.275 e. The predicted molar refractivity (Wildman–Crippen MR) is 109 cm³/mol. The Hall–Kier alpha value is -2.56. The first-order valence-corrected chi connectivity index (χ1v) is 9.30. The van der Waals surface area contributed by atoms with E-state index in [4.69, 9.17) is 16.3 Å². The fourth-order valence-corrected chi connectivity index (χ4v) is 3.32. The summed E-state index contributed by atoms with van der Waals surface area (Å²) in [7, 11) is 3.70. The zero-order valence-corrected chi connectivity index (χ0v) is 16.3. The van der Waals surface area contributed by atoms with Gasteiger partial charge >= 0.3 is 0 Å². The first-order valence-electron chi connectivity index (χ1n) is 8.92. The SMILES string of the molecule is COc1ccc2cc(C[NH+](C)CC(=O)NCc3cccc(Cl)c3)ccc2c1. The molecule has 0 bridgehead atoms. The molecule has 1 amide bonds. The van der Waals surface area contributed by atoms with Gasteiger partial charge in [-0.2, -0.15) is 0 Å². The van der Waals surface area contributed by atoms with Crippen LogP contribution in [-0.4, -0.2) is 26.6 Å². The normalized spacial score (nSPS) is 12.0. The summed E-state index contributed by atoms with van der Waals surface area (Å²) in [5.74, 6) is 0.882. The second-order valence-corrected chi connectivity index (χ2v) is 7.20. The quantitative estimate of drug-likeness (QED) is 0.658. The van der Waals surface area contributed by atoms with E-state index in [2.05, 4.69) is 29.6 Å². The number of hydrogen-bond donors (Lipinski definition) is 2. The van der Waals surface area contributed by atoms with Crippen molar-refractivity contribution in [2.24, 2.45) is 0 Å². The third-order valence-corrected chi connectivity index (χ3v) is 4.69. The van der Waals surface area contributed by atoms with Crippen molar-refractivity contribution in [2.75, 3.05) is 20.7 Å². The van der Waals surface area contributed by atoms with Crippen molar-refractivity contribution >= 4 is 28.3 Å². The van der Waals surface area contributed by atoms with Crippen LogP contribution in [0.3, 0.4) is 0 Å². The van der Waals surface area contributed by atoms with Gasteiger partial charge < -0.3 is 15.0 Å². The van der Waals surface area contributed by atoms with Crippen LogP contribution < -0.4 is 15.0 Å². The Bertz CT molecular complexity index is 942. The molecule has 0 saturated heterocycles. The Morgan fingerprint density at radius 2 is 1.81 bits per heavy atom. The van der Waals surface area contributed by atoms with Gasteiger partial charge in [-0.15, -0.1) is 0 Å². The van der Waals surface area contributed by atoms with Gasteiger partial charge in [-0.3, -0.25) is 4.79 Å². The molecule has 0 saturated carbocycles. The minimum atomic E-state index is 0.0259. The van der Waals surface area contributed by atoms with E-state index in [1.165, 1.54) is 10.9 Å². The lowest BCUT2D eigenvalue weighted by Crippen LogP contribution is -3.08. The molecule has 1 atom stereocenters. The van der Waals surface area contributed by atoms with E-state index in [1.54, 1.807) is 7.11 Å². The molecule has 5 heteroatoms. The number of methoxy groups -OCH3 is 1. The zero-order valence-electron chi connectivity index (χ0n) is 15.6. The van der Waals surface area contributed by atoms with Crippen molar-refractivity contribution in [3.8, 4) is 5.75 Å². The molecule has 3 aromatic carbocycles. The number of hydrogen-bond acceptors (Lipinski definition) is 2. The van der Waals surface area contributed by atoms with Crippen LogP contribution >= 0.6 is 11.6 Å². The number of rotatable bonds is 7. The van der Waals surface area contributed by atoms with Crippen molar-refractivity contribution in [3.63, 3.8) is 0 Å². The first kappa shape index (κ1) is 19.2. The molecule has 3 rings (SSSR count). The zero-order chi connectivity index (χ0) is 19.2. The van der Waals surface area contributed by atoms with Crippen LogP contribution in [-0.2, 0) is 17.9 Å². The topological polar surface area (TPSA) is 42.8 Å². The number of carbonyl (C=O) groups is 1. The van der Waals surface area contributed by atoms with E-state index in [0.29, 0.717) is 18.1 Å². The number of amides is 1. The number of quaternary nitrogens is 1. The molecule has 27 heavy (non-hydrogen) atoms. The highest BCUT2D eigenvalue weighted by atomic mass is 35.5. The Balaban J connectivity index is 1.54. The molecule has 0 aliphatic carbocycles. The van der Waals surface area contributed by atoms with Gasteiger partial charge in [-0.05, 0) is 46.7 Å². The molecule has 1 unspecified atom stereocenters. The van der Waals surface area contributed by atoms with Gasteiger partial charge in [0.15, 0.2) is 6.54 Å². The molecule has 3 aromatic rings. The fourth-order valence-electron chi connectivity index (χ4n) is 3.11. The Morgan fingerprint density at radius 1 is 1.04 bits per heavy atom. The van der Waals surface area contributed by atoms with Gasteiger partial charge in [0.2, 0.25) is 0 Å². The summed E-state index contributed by atoms with van der Waals surface area (Å²) in [6, 6.07) is 19.9. The second-order valence-electron chi connectivity index (χ2n) is 6.76. The van der Waals surface area contributed by atoms with Crippen LogP contribution in [0.1, 0.15) is 11.1 Å². The summed E-state index contributed by atoms with van der Waals surface area (Å²) in [5.41, 5.74) is 2.20. The predicted octanol–water partition coefficient (Wildman–Crippen LogP) is 2.83. The minimum Gasteiger partial charge on any atom is -0.497 e. The van der Waals surface area contributed by atoms with Crippen molar-refractivity contribution in [2.45, 2.75) is 13.1 Å². The van der Waals surface area contributed by atoms with E-state index < -0.39 is 0 Å². The maximum atomic E-state index is 12.2. The molecule has 0 fully saturated rings. The van der Waals surface area contributed by atoms with Crippen LogP contribution in [0.15, 0.2) is 60.7 Å². The average Bonchev–Trinajstić information content (AvgIpc) is 2.66. The maximum absolute atomic E-state index is 12.2. The molecule has 0 heterocycles. The largest absolute Gasteiger partial charge is 0.497 e. The highest BCUT2D eigenvalue weighted by Crippen LogP contribution is 2.21. The summed E-state index contributed by atoms with van der Waals surface area (Å²) in [6.07, 6.45) is 0. The van der Waals surface area contributed by atoms with E-state index in [1.807, 2.05) is 43.4 Å². The molecule has 140 valence electrons. The number of likely N-dealkylation sites (N-methyl/N-ethyl adjacent to an activating group) is 1. The summed E-state index contributed by atoms with van der Waals surface area (Å²) >= 11 is 5.97. The maximum Gasteiger partial charge on any atom is 0.275 e. The standard InChI is InChI=1S/C22H23ClN2O2/c1-25(15-22(26)24-13-16-4-3-5-20(23)11-16)14-17-6-7-19-12-21(27-2)9-8-18(19)10-17/h3-12H,13-15H2,1-2H3,(H,24,26)/p+1. The molecular weight excluding hydrogens is 360 g/mol. The molecule has 0 aromatic heterocycles. The third kappa shape index (κ3) is 5.46. The van der Waals surface area contributed by atoms with Crippen LogP contribution in [0.25, 0.3) is 10.8 Å². The van der Waals surface area contributed by atoms with E-state index >= 15 is 0 Å². The lowest BCUT2D eigenvalue weighted by Gasteiger charge is -2.14. The van der Waals surface area contributed by atoms with Gasteiger partial charge in [0, 0.05) is 17.1 Å². The number of halogens is 1. The number of nitrogens with one attached hydrogen (secondary N) is 2. The number of fused-ring (bicyclic) bond motifs is 1. The van der Waals surface area contributed by atoms with Crippen molar-refractivity contribution in [1.29, 1.82) is 0 Å². The van der Waals surface area contributed by atoms with Crippen molar-refractivity contribution in [1.82, 2.24) is 5.32 Å². The van der Waals surface area contributed by atoms with E-state index in [0.717, 1.165) is 28.1 Å². The molecule has 0 spiro atoms. The van der Waals surface area contributed by atoms with Crippen LogP contribution in [0.5, 0.6) is 5.75 Å². The van der Waals surface area contributed by atoms with Gasteiger partial charge in [0.25, 0.3) is 5.91 Å². The number of benzene rings is 3. The monoisotopic (exact) mass is 383 g/mol. The molecule has 0 aliphatic heterocycles.